The van der Waals surface area contributed by atoms with Crippen molar-refractivity contribution in [1.82, 2.24) is 5.32 Å². The van der Waals surface area contributed by atoms with Crippen LogP contribution >= 0.6 is 0 Å². The van der Waals surface area contributed by atoms with Gasteiger partial charge in [0.2, 0.25) is 0 Å². The Morgan fingerprint density at radius 3 is 2.52 bits per heavy atom. The van der Waals surface area contributed by atoms with Crippen LogP contribution < -0.4 is 5.32 Å². The van der Waals surface area contributed by atoms with Gasteiger partial charge in [0, 0.05) is 17.7 Å². The highest BCUT2D eigenvalue weighted by Gasteiger charge is 2.15. The molecule has 0 bridgehead atoms. The third-order valence-corrected chi connectivity index (χ3v) is 3.74. The first kappa shape index (κ1) is 15.4. The quantitative estimate of drug-likeness (QED) is 0.847. The largest absolute Gasteiger partial charge is 0.303 e. The van der Waals surface area contributed by atoms with Gasteiger partial charge in [-0.1, -0.05) is 30.3 Å². The van der Waals surface area contributed by atoms with Crippen LogP contribution in [0.15, 0.2) is 42.5 Å². The van der Waals surface area contributed by atoms with E-state index >= 15 is 0 Å². The molecule has 21 heavy (non-hydrogen) atoms. The minimum atomic E-state index is -0.355. The predicted octanol–water partition coefficient (Wildman–Crippen LogP) is 3.80. The highest BCUT2D eigenvalue weighted by atomic mass is 19.1. The molecule has 110 valence electrons. The minimum Gasteiger partial charge on any atom is -0.303 e. The first-order valence-electron chi connectivity index (χ1n) is 7.07. The van der Waals surface area contributed by atoms with Crippen molar-refractivity contribution >= 4 is 5.78 Å². The second-order valence-corrected chi connectivity index (χ2v) is 5.36. The summed E-state index contributed by atoms with van der Waals surface area (Å²) in [5.74, 6) is -0.231. The molecule has 0 spiro atoms. The Balaban J connectivity index is 2.03. The molecule has 0 aliphatic carbocycles. The number of aryl methyl sites for hydroxylation is 2. The van der Waals surface area contributed by atoms with Crippen LogP contribution in [-0.4, -0.2) is 11.8 Å². The second-order valence-electron chi connectivity index (χ2n) is 5.36. The van der Waals surface area contributed by atoms with E-state index in [1.54, 1.807) is 25.1 Å². The molecule has 0 aliphatic heterocycles. The molecule has 1 N–H and O–H groups in total. The number of nitrogens with one attached hydrogen (secondary N) is 1. The molecule has 0 amide bonds. The summed E-state index contributed by atoms with van der Waals surface area (Å²) in [5, 5.41) is 3.08. The van der Waals surface area contributed by atoms with Crippen LogP contribution in [0.5, 0.6) is 0 Å². The first-order chi connectivity index (χ1) is 9.99. The third-order valence-electron chi connectivity index (χ3n) is 3.74. The molecule has 0 radical (unpaired) electrons. The number of carbonyl (C=O) groups is 1. The zero-order chi connectivity index (χ0) is 15.4. The maximum absolute atomic E-state index is 13.5. The summed E-state index contributed by atoms with van der Waals surface area (Å²) in [5.41, 5.74) is 3.52. The summed E-state index contributed by atoms with van der Waals surface area (Å²) < 4.78 is 13.5. The fourth-order valence-electron chi connectivity index (χ4n) is 2.14. The number of hydrogen-bond donors (Lipinski definition) is 1. The summed E-state index contributed by atoms with van der Waals surface area (Å²) in [4.78, 5) is 12.4. The molecule has 0 aromatic heterocycles. The molecule has 2 nitrogen and oxygen atoms in total. The van der Waals surface area contributed by atoms with E-state index in [2.05, 4.69) is 5.32 Å². The van der Waals surface area contributed by atoms with E-state index in [0.29, 0.717) is 17.7 Å². The zero-order valence-electron chi connectivity index (χ0n) is 12.6. The van der Waals surface area contributed by atoms with Crippen LogP contribution in [0.2, 0.25) is 0 Å². The van der Waals surface area contributed by atoms with Crippen LogP contribution in [0.25, 0.3) is 0 Å². The van der Waals surface area contributed by atoms with Gasteiger partial charge in [0.1, 0.15) is 5.82 Å². The van der Waals surface area contributed by atoms with E-state index in [-0.39, 0.29) is 17.6 Å². The van der Waals surface area contributed by atoms with Gasteiger partial charge in [0.15, 0.2) is 5.78 Å². The lowest BCUT2D eigenvalue weighted by Crippen LogP contribution is -2.33. The summed E-state index contributed by atoms with van der Waals surface area (Å²) in [6, 6.07) is 11.9. The fourth-order valence-corrected chi connectivity index (χ4v) is 2.14. The van der Waals surface area contributed by atoms with Gasteiger partial charge in [-0.25, -0.2) is 4.39 Å². The molecular weight excluding hydrogens is 265 g/mol. The summed E-state index contributed by atoms with van der Waals surface area (Å²) in [6.45, 7) is 6.15. The van der Waals surface area contributed by atoms with Crippen molar-refractivity contribution in [2.45, 2.75) is 33.4 Å². The number of halogens is 1. The predicted molar refractivity (Wildman–Crippen MR) is 82.9 cm³/mol. The Morgan fingerprint density at radius 1 is 1.14 bits per heavy atom. The Hall–Kier alpha value is -2.00. The van der Waals surface area contributed by atoms with Gasteiger partial charge in [-0.05, 0) is 44.0 Å². The lowest BCUT2D eigenvalue weighted by atomic mass is 10.0. The van der Waals surface area contributed by atoms with Crippen molar-refractivity contribution < 1.29 is 9.18 Å². The van der Waals surface area contributed by atoms with E-state index in [0.717, 1.165) is 5.56 Å². The van der Waals surface area contributed by atoms with Crippen molar-refractivity contribution in [1.29, 1.82) is 0 Å². The lowest BCUT2D eigenvalue weighted by molar-refractivity contribution is 0.0950. The van der Waals surface area contributed by atoms with Crippen molar-refractivity contribution in [3.8, 4) is 0 Å². The Labute approximate surface area is 125 Å². The molecule has 2 rings (SSSR count). The van der Waals surface area contributed by atoms with Gasteiger partial charge in [0.25, 0.3) is 0 Å². The molecular formula is C18H20FNO. The average Bonchev–Trinajstić information content (AvgIpc) is 2.48. The maximum Gasteiger partial charge on any atom is 0.179 e. The standard InChI is InChI=1S/C18H20FNO/c1-12-8-9-15(10-13(12)2)18(21)14(3)20-11-16-6-4-5-7-17(16)19/h4-10,14,20H,11H2,1-3H3. The molecule has 3 heteroatoms. The van der Waals surface area contributed by atoms with Crippen LogP contribution in [0.1, 0.15) is 34.0 Å². The van der Waals surface area contributed by atoms with Gasteiger partial charge in [-0.3, -0.25) is 4.79 Å². The van der Waals surface area contributed by atoms with Crippen LogP contribution in [0.4, 0.5) is 4.39 Å². The van der Waals surface area contributed by atoms with E-state index < -0.39 is 0 Å². The fraction of sp³-hybridized carbons (Fsp3) is 0.278. The minimum absolute atomic E-state index is 0.0226. The molecule has 1 unspecified atom stereocenters. The zero-order valence-corrected chi connectivity index (χ0v) is 12.6. The van der Waals surface area contributed by atoms with Crippen molar-refractivity contribution in [3.05, 3.63) is 70.5 Å². The van der Waals surface area contributed by atoms with E-state index in [4.69, 9.17) is 0 Å². The molecule has 2 aromatic carbocycles. The molecule has 0 heterocycles. The van der Waals surface area contributed by atoms with E-state index in [9.17, 15) is 9.18 Å². The number of Topliss-reactive ketones (excluding diaryl/α,β-unsaturated/α-hetero) is 1. The first-order valence-corrected chi connectivity index (χ1v) is 7.07. The summed E-state index contributed by atoms with van der Waals surface area (Å²) in [7, 11) is 0. The molecule has 0 saturated carbocycles. The highest BCUT2D eigenvalue weighted by Crippen LogP contribution is 2.12. The van der Waals surface area contributed by atoms with Crippen molar-refractivity contribution in [3.63, 3.8) is 0 Å². The van der Waals surface area contributed by atoms with Crippen molar-refractivity contribution in [2.75, 3.05) is 0 Å². The number of ketones is 1. The summed E-state index contributed by atoms with van der Waals surface area (Å²) >= 11 is 0. The SMILES string of the molecule is Cc1ccc(C(=O)C(C)NCc2ccccc2F)cc1C. The van der Waals surface area contributed by atoms with Crippen LogP contribution in [0, 0.1) is 19.7 Å². The van der Waals surface area contributed by atoms with Gasteiger partial charge >= 0.3 is 0 Å². The monoisotopic (exact) mass is 285 g/mol. The number of benzene rings is 2. The second kappa shape index (κ2) is 6.64. The summed E-state index contributed by atoms with van der Waals surface area (Å²) in [6.07, 6.45) is 0. The smallest absolute Gasteiger partial charge is 0.179 e. The average molecular weight is 285 g/mol. The van der Waals surface area contributed by atoms with Gasteiger partial charge < -0.3 is 5.32 Å². The molecule has 1 atom stereocenters. The lowest BCUT2D eigenvalue weighted by Gasteiger charge is -2.14. The Morgan fingerprint density at radius 2 is 1.86 bits per heavy atom. The molecule has 0 fully saturated rings. The van der Waals surface area contributed by atoms with Crippen molar-refractivity contribution in [2.24, 2.45) is 0 Å². The molecule has 2 aromatic rings. The van der Waals surface area contributed by atoms with Gasteiger partial charge in [-0.15, -0.1) is 0 Å². The van der Waals surface area contributed by atoms with E-state index in [1.807, 2.05) is 32.0 Å². The maximum atomic E-state index is 13.5. The van der Waals surface area contributed by atoms with Crippen LogP contribution in [-0.2, 0) is 6.54 Å². The highest BCUT2D eigenvalue weighted by molar-refractivity contribution is 6.00. The third kappa shape index (κ3) is 3.76. The van der Waals surface area contributed by atoms with Crippen LogP contribution in [0.3, 0.4) is 0 Å². The normalized spacial score (nSPS) is 12.2. The van der Waals surface area contributed by atoms with E-state index in [1.165, 1.54) is 11.6 Å². The molecule has 0 saturated heterocycles. The van der Waals surface area contributed by atoms with Gasteiger partial charge in [0.05, 0.1) is 6.04 Å². The number of hydrogen-bond acceptors (Lipinski definition) is 2. The topological polar surface area (TPSA) is 29.1 Å². The van der Waals surface area contributed by atoms with Gasteiger partial charge in [-0.2, -0.15) is 0 Å². The Kier molecular flexibility index (Phi) is 4.86. The number of carbonyl (C=O) groups excluding carboxylic acids is 1. The number of rotatable bonds is 5. The molecule has 0 aliphatic rings. The Bertz CT molecular complexity index is 651.